The highest BCUT2D eigenvalue weighted by molar-refractivity contribution is 8.01. The van der Waals surface area contributed by atoms with Crippen LogP contribution in [0.25, 0.3) is 0 Å². The number of rotatable bonds is 9. The van der Waals surface area contributed by atoms with E-state index in [2.05, 4.69) is 5.32 Å². The topological polar surface area (TPSA) is 67.9 Å². The fraction of sp³-hybridized carbons (Fsp3) is 0.286. The Morgan fingerprint density at radius 2 is 1.86 bits per heavy atom. The first-order valence-electron chi connectivity index (χ1n) is 11.8. The Balaban J connectivity index is 1.46. The molecule has 4 rings (SSSR count). The number of anilines is 1. The number of para-hydroxylation sites is 1. The van der Waals surface area contributed by atoms with Gasteiger partial charge in [0.2, 0.25) is 11.8 Å². The number of fused-ring (bicyclic) bond motifs is 1. The number of nitrogens with zero attached hydrogens (tertiary/aromatic N) is 1. The van der Waals surface area contributed by atoms with E-state index in [1.165, 1.54) is 23.9 Å². The van der Waals surface area contributed by atoms with Crippen LogP contribution in [0.5, 0.6) is 11.5 Å². The Kier molecular flexibility index (Phi) is 8.61. The molecule has 0 radical (unpaired) electrons. The molecule has 1 heterocycles. The molecule has 1 aliphatic heterocycles. The molecule has 0 saturated heterocycles. The van der Waals surface area contributed by atoms with Gasteiger partial charge in [-0.3, -0.25) is 9.59 Å². The van der Waals surface area contributed by atoms with Gasteiger partial charge in [-0.15, -0.1) is 11.8 Å². The number of hydrogen-bond donors (Lipinski definition) is 1. The first-order chi connectivity index (χ1) is 17.8. The normalized spacial score (nSPS) is 15.6. The van der Waals surface area contributed by atoms with Gasteiger partial charge in [0.15, 0.2) is 11.5 Å². The summed E-state index contributed by atoms with van der Waals surface area (Å²) >= 11 is 7.64. The van der Waals surface area contributed by atoms with E-state index in [9.17, 15) is 14.0 Å². The van der Waals surface area contributed by atoms with Crippen molar-refractivity contribution < 1.29 is 23.5 Å². The summed E-state index contributed by atoms with van der Waals surface area (Å²) < 4.78 is 24.2. The zero-order valence-electron chi connectivity index (χ0n) is 20.8. The second-order valence-corrected chi connectivity index (χ2v) is 10.3. The van der Waals surface area contributed by atoms with E-state index in [4.69, 9.17) is 21.1 Å². The number of methoxy groups -OCH3 is 2. The molecule has 0 aliphatic carbocycles. The van der Waals surface area contributed by atoms with E-state index in [1.54, 1.807) is 32.1 Å². The van der Waals surface area contributed by atoms with Gasteiger partial charge < -0.3 is 19.7 Å². The molecule has 2 atom stereocenters. The molecule has 6 nitrogen and oxygen atoms in total. The number of carbonyl (C=O) groups is 2. The molecule has 0 saturated carbocycles. The fourth-order valence-corrected chi connectivity index (χ4v) is 5.72. The number of carbonyl (C=O) groups excluding carboxylic acids is 2. The number of ether oxygens (including phenoxy) is 2. The molecule has 1 aliphatic rings. The van der Waals surface area contributed by atoms with Gasteiger partial charge in [0.1, 0.15) is 11.1 Å². The van der Waals surface area contributed by atoms with Gasteiger partial charge in [-0.25, -0.2) is 4.39 Å². The average molecular weight is 543 g/mol. The summed E-state index contributed by atoms with van der Waals surface area (Å²) in [5.74, 6) is -0.141. The zero-order chi connectivity index (χ0) is 26.5. The van der Waals surface area contributed by atoms with E-state index in [0.29, 0.717) is 30.0 Å². The van der Waals surface area contributed by atoms with Gasteiger partial charge in [0.05, 0.1) is 32.4 Å². The minimum atomic E-state index is -0.616. The van der Waals surface area contributed by atoms with Crippen LogP contribution >= 0.6 is 23.4 Å². The molecule has 2 unspecified atom stereocenters. The maximum Gasteiger partial charge on any atom is 0.241 e. The lowest BCUT2D eigenvalue weighted by Gasteiger charge is -2.36. The van der Waals surface area contributed by atoms with Crippen LogP contribution in [0.4, 0.5) is 10.1 Å². The van der Waals surface area contributed by atoms with Crippen LogP contribution in [-0.2, 0) is 22.6 Å². The van der Waals surface area contributed by atoms with Crippen LogP contribution in [0.2, 0.25) is 5.02 Å². The van der Waals surface area contributed by atoms with Crippen molar-refractivity contribution in [2.24, 2.45) is 5.92 Å². The highest BCUT2D eigenvalue weighted by atomic mass is 35.5. The van der Waals surface area contributed by atoms with Gasteiger partial charge in [0, 0.05) is 16.5 Å². The zero-order valence-corrected chi connectivity index (χ0v) is 22.4. The van der Waals surface area contributed by atoms with Crippen LogP contribution in [0.3, 0.4) is 0 Å². The van der Waals surface area contributed by atoms with Crippen molar-refractivity contribution in [3.63, 3.8) is 0 Å². The summed E-state index contributed by atoms with van der Waals surface area (Å²) in [5.41, 5.74) is 2.36. The Hall–Kier alpha value is -3.23. The highest BCUT2D eigenvalue weighted by Crippen LogP contribution is 2.42. The first-order valence-corrected chi connectivity index (χ1v) is 13.1. The second-order valence-electron chi connectivity index (χ2n) is 8.69. The van der Waals surface area contributed by atoms with Crippen molar-refractivity contribution in [2.45, 2.75) is 30.0 Å². The third kappa shape index (κ3) is 6.02. The second kappa shape index (κ2) is 11.9. The molecule has 0 aromatic heterocycles. The number of hydrogen-bond acceptors (Lipinski definition) is 5. The van der Waals surface area contributed by atoms with E-state index < -0.39 is 17.0 Å². The highest BCUT2D eigenvalue weighted by Gasteiger charge is 2.39. The van der Waals surface area contributed by atoms with Crippen molar-refractivity contribution in [1.29, 1.82) is 0 Å². The summed E-state index contributed by atoms with van der Waals surface area (Å²) in [6.45, 7) is 2.35. The van der Waals surface area contributed by atoms with Crippen LogP contribution in [0.1, 0.15) is 18.1 Å². The molecule has 0 spiro atoms. The molecule has 1 N–H and O–H groups in total. The first kappa shape index (κ1) is 26.8. The Morgan fingerprint density at radius 1 is 1.11 bits per heavy atom. The largest absolute Gasteiger partial charge is 0.493 e. The summed E-state index contributed by atoms with van der Waals surface area (Å²) in [6, 6.07) is 17.3. The number of thioether (sulfide) groups is 1. The molecule has 0 bridgehead atoms. The van der Waals surface area contributed by atoms with Gasteiger partial charge in [-0.2, -0.15) is 0 Å². The predicted octanol–water partition coefficient (Wildman–Crippen LogP) is 5.50. The minimum Gasteiger partial charge on any atom is -0.493 e. The average Bonchev–Trinajstić information content (AvgIpc) is 2.90. The monoisotopic (exact) mass is 542 g/mol. The Labute approximate surface area is 225 Å². The number of benzene rings is 3. The number of halogens is 2. The van der Waals surface area contributed by atoms with Crippen molar-refractivity contribution >= 4 is 40.9 Å². The van der Waals surface area contributed by atoms with Crippen LogP contribution < -0.4 is 19.7 Å². The summed E-state index contributed by atoms with van der Waals surface area (Å²) in [7, 11) is 3.16. The van der Waals surface area contributed by atoms with E-state index in [1.807, 2.05) is 42.5 Å². The smallest absolute Gasteiger partial charge is 0.241 e. The Bertz CT molecular complexity index is 1300. The molecule has 9 heteroatoms. The number of nitrogens with one attached hydrogen (secondary N) is 1. The van der Waals surface area contributed by atoms with Crippen molar-refractivity contribution in [1.82, 2.24) is 5.32 Å². The lowest BCUT2D eigenvalue weighted by Crippen LogP contribution is -2.47. The maximum atomic E-state index is 13.6. The van der Waals surface area contributed by atoms with E-state index >= 15 is 0 Å². The molecular weight excluding hydrogens is 515 g/mol. The lowest BCUT2D eigenvalue weighted by molar-refractivity contribution is -0.128. The third-order valence-corrected chi connectivity index (χ3v) is 8.11. The van der Waals surface area contributed by atoms with Crippen molar-refractivity contribution in [3.05, 3.63) is 82.6 Å². The molecule has 3 aromatic carbocycles. The minimum absolute atomic E-state index is 0.180. The fourth-order valence-electron chi connectivity index (χ4n) is 4.20. The van der Waals surface area contributed by atoms with E-state index in [0.717, 1.165) is 16.1 Å². The maximum absolute atomic E-state index is 13.6. The Morgan fingerprint density at radius 3 is 2.59 bits per heavy atom. The molecule has 3 aromatic rings. The van der Waals surface area contributed by atoms with Crippen molar-refractivity contribution in [2.75, 3.05) is 25.7 Å². The van der Waals surface area contributed by atoms with Crippen LogP contribution in [-0.4, -0.2) is 37.8 Å². The number of amides is 2. The van der Waals surface area contributed by atoms with Crippen molar-refractivity contribution in [3.8, 4) is 11.5 Å². The molecule has 194 valence electrons. The van der Waals surface area contributed by atoms with Gasteiger partial charge in [-0.05, 0) is 53.9 Å². The predicted molar refractivity (Wildman–Crippen MR) is 144 cm³/mol. The molecule has 2 amide bonds. The summed E-state index contributed by atoms with van der Waals surface area (Å²) in [5, 5.41) is 2.60. The molecule has 37 heavy (non-hydrogen) atoms. The molecular formula is C28H28ClFN2O4S. The molecule has 0 fully saturated rings. The standard InChI is InChI=1S/C28H28ClFN2O4S/c1-17(27(33)31-13-12-18-8-11-23(35-2)24(14-18)36-3)26-28(34)32(22-6-4-5-7-25(22)37-26)16-19-9-10-20(30)15-21(19)29/h4-11,14-15,17,26H,12-13,16H2,1-3H3,(H,31,33). The summed E-state index contributed by atoms with van der Waals surface area (Å²) in [6.07, 6.45) is 0.600. The SMILES string of the molecule is COc1ccc(CCNC(=O)C(C)C2Sc3ccccc3N(Cc3ccc(F)cc3Cl)C2=O)cc1OC. The van der Waals surface area contributed by atoms with Gasteiger partial charge >= 0.3 is 0 Å². The summed E-state index contributed by atoms with van der Waals surface area (Å²) in [4.78, 5) is 29.2. The lowest BCUT2D eigenvalue weighted by atomic mass is 10.0. The van der Waals surface area contributed by atoms with Gasteiger partial charge in [0.25, 0.3) is 0 Å². The van der Waals surface area contributed by atoms with E-state index in [-0.39, 0.29) is 23.4 Å². The van der Waals surface area contributed by atoms with Gasteiger partial charge in [-0.1, -0.05) is 42.8 Å². The van der Waals surface area contributed by atoms with Crippen LogP contribution in [0, 0.1) is 11.7 Å². The third-order valence-electron chi connectivity index (χ3n) is 6.29. The quantitative estimate of drug-likeness (QED) is 0.387. The van der Waals surface area contributed by atoms with Crippen LogP contribution in [0.15, 0.2) is 65.6 Å².